The highest BCUT2D eigenvalue weighted by Gasteiger charge is 2.31. The molecule has 0 radical (unpaired) electrons. The Morgan fingerprint density at radius 2 is 1.70 bits per heavy atom. The van der Waals surface area contributed by atoms with Crippen molar-refractivity contribution >= 4 is 11.8 Å². The van der Waals surface area contributed by atoms with Crippen molar-refractivity contribution in [3.8, 4) is 0 Å². The highest BCUT2D eigenvalue weighted by atomic mass is 16.2. The van der Waals surface area contributed by atoms with Crippen LogP contribution in [0.25, 0.3) is 0 Å². The third kappa shape index (κ3) is 6.19. The predicted octanol–water partition coefficient (Wildman–Crippen LogP) is 4.79. The lowest BCUT2D eigenvalue weighted by atomic mass is 9.94. The fraction of sp³-hybridized carbons (Fsp3) is 0.462. The number of benzene rings is 2. The van der Waals surface area contributed by atoms with Crippen LogP contribution in [0.5, 0.6) is 0 Å². The van der Waals surface area contributed by atoms with Crippen LogP contribution in [0.1, 0.15) is 62.1 Å². The van der Waals surface area contributed by atoms with E-state index in [4.69, 9.17) is 0 Å². The maximum Gasteiger partial charge on any atom is 0.243 e. The minimum atomic E-state index is -0.512. The van der Waals surface area contributed by atoms with Gasteiger partial charge < -0.3 is 10.2 Å². The van der Waals surface area contributed by atoms with E-state index in [1.807, 2.05) is 62.4 Å². The number of nitrogens with one attached hydrogen (secondary N) is 1. The monoisotopic (exact) mass is 406 g/mol. The number of aryl methyl sites for hydroxylation is 1. The minimum absolute atomic E-state index is 0.0104. The van der Waals surface area contributed by atoms with Gasteiger partial charge in [0.1, 0.15) is 6.04 Å². The van der Waals surface area contributed by atoms with E-state index >= 15 is 0 Å². The first-order chi connectivity index (χ1) is 14.6. The van der Waals surface area contributed by atoms with Gasteiger partial charge in [-0.1, -0.05) is 86.3 Å². The first kappa shape index (κ1) is 22.1. The first-order valence-corrected chi connectivity index (χ1v) is 11.3. The van der Waals surface area contributed by atoms with Crippen LogP contribution in [-0.2, 0) is 22.6 Å². The van der Waals surface area contributed by atoms with Crippen LogP contribution >= 0.6 is 0 Å². The van der Waals surface area contributed by atoms with Crippen molar-refractivity contribution in [3.63, 3.8) is 0 Å². The van der Waals surface area contributed by atoms with Crippen LogP contribution in [0.3, 0.4) is 0 Å². The molecule has 2 aromatic rings. The van der Waals surface area contributed by atoms with Crippen molar-refractivity contribution in [3.05, 3.63) is 71.3 Å². The van der Waals surface area contributed by atoms with Gasteiger partial charge >= 0.3 is 0 Å². The number of carbonyl (C=O) groups excluding carboxylic acids is 2. The third-order valence-corrected chi connectivity index (χ3v) is 5.96. The maximum atomic E-state index is 13.4. The van der Waals surface area contributed by atoms with Crippen molar-refractivity contribution in [1.82, 2.24) is 10.2 Å². The summed E-state index contributed by atoms with van der Waals surface area (Å²) in [5.41, 5.74) is 3.28. The Kier molecular flexibility index (Phi) is 8.06. The zero-order valence-corrected chi connectivity index (χ0v) is 18.3. The molecule has 1 atom stereocenters. The van der Waals surface area contributed by atoms with Crippen molar-refractivity contribution < 1.29 is 9.59 Å². The molecule has 1 aliphatic rings. The summed E-state index contributed by atoms with van der Waals surface area (Å²) in [5.74, 6) is -0.0172. The minimum Gasteiger partial charge on any atom is -0.352 e. The molecule has 4 heteroatoms. The fourth-order valence-electron chi connectivity index (χ4n) is 4.31. The molecule has 0 bridgehead atoms. The summed E-state index contributed by atoms with van der Waals surface area (Å²) >= 11 is 0. The first-order valence-electron chi connectivity index (χ1n) is 11.3. The summed E-state index contributed by atoms with van der Waals surface area (Å²) in [7, 11) is 0. The highest BCUT2D eigenvalue weighted by molar-refractivity contribution is 5.88. The molecule has 0 aromatic heterocycles. The Hall–Kier alpha value is -2.62. The van der Waals surface area contributed by atoms with Gasteiger partial charge in [0.2, 0.25) is 11.8 Å². The maximum absolute atomic E-state index is 13.4. The lowest BCUT2D eigenvalue weighted by Crippen LogP contribution is -2.52. The van der Waals surface area contributed by atoms with Crippen molar-refractivity contribution in [2.75, 3.05) is 0 Å². The van der Waals surface area contributed by atoms with Gasteiger partial charge in [0.15, 0.2) is 0 Å². The van der Waals surface area contributed by atoms with Crippen LogP contribution < -0.4 is 5.32 Å². The molecular formula is C26H34N2O2. The standard InChI is InChI=1S/C26H34N2O2/c1-3-25(29)28(19-22-14-10-11-20(2)17-22)24(18-21-12-6-4-7-13-21)26(30)27-23-15-8-5-9-16-23/h4,6-7,10-14,17,23-24H,3,5,8-9,15-16,18-19H2,1-2H3,(H,27,30)/t24-/m0/s1. The highest BCUT2D eigenvalue weighted by Crippen LogP contribution is 2.20. The van der Waals surface area contributed by atoms with Gasteiger partial charge in [-0.05, 0) is 30.9 Å². The molecule has 0 spiro atoms. The molecular weight excluding hydrogens is 372 g/mol. The molecule has 1 aliphatic carbocycles. The molecule has 4 nitrogen and oxygen atoms in total. The SMILES string of the molecule is CCC(=O)N(Cc1cccc(C)c1)[C@@H](Cc1ccccc1)C(=O)NC1CCCCC1. The van der Waals surface area contributed by atoms with Gasteiger partial charge in [-0.2, -0.15) is 0 Å². The van der Waals surface area contributed by atoms with E-state index in [0.29, 0.717) is 19.4 Å². The zero-order chi connectivity index (χ0) is 21.3. The van der Waals surface area contributed by atoms with Crippen LogP contribution in [0, 0.1) is 6.92 Å². The van der Waals surface area contributed by atoms with E-state index in [1.165, 1.54) is 6.42 Å². The molecule has 2 amide bonds. The summed E-state index contributed by atoms with van der Waals surface area (Å²) in [5, 5.41) is 3.26. The summed E-state index contributed by atoms with van der Waals surface area (Å²) in [6, 6.07) is 17.9. The van der Waals surface area contributed by atoms with E-state index < -0.39 is 6.04 Å². The molecule has 1 N–H and O–H groups in total. The van der Waals surface area contributed by atoms with Crippen LogP contribution in [0.2, 0.25) is 0 Å². The van der Waals surface area contributed by atoms with Gasteiger partial charge in [-0.25, -0.2) is 0 Å². The molecule has 2 aromatic carbocycles. The molecule has 1 fully saturated rings. The van der Waals surface area contributed by atoms with Gasteiger partial charge in [0.05, 0.1) is 0 Å². The van der Waals surface area contributed by atoms with E-state index in [2.05, 4.69) is 11.4 Å². The summed E-state index contributed by atoms with van der Waals surface area (Å²) in [6.45, 7) is 4.36. The van der Waals surface area contributed by atoms with E-state index in [1.54, 1.807) is 4.90 Å². The number of hydrogen-bond acceptors (Lipinski definition) is 2. The Morgan fingerprint density at radius 3 is 2.37 bits per heavy atom. The fourth-order valence-corrected chi connectivity index (χ4v) is 4.31. The largest absolute Gasteiger partial charge is 0.352 e. The Morgan fingerprint density at radius 1 is 1.00 bits per heavy atom. The molecule has 0 aliphatic heterocycles. The molecule has 3 rings (SSSR count). The number of rotatable bonds is 8. The normalized spacial score (nSPS) is 15.4. The second-order valence-corrected chi connectivity index (χ2v) is 8.41. The molecule has 0 heterocycles. The Labute approximate surface area is 180 Å². The smallest absolute Gasteiger partial charge is 0.243 e. The lowest BCUT2D eigenvalue weighted by Gasteiger charge is -2.33. The molecule has 1 saturated carbocycles. The van der Waals surface area contributed by atoms with Gasteiger partial charge in [-0.3, -0.25) is 9.59 Å². The summed E-state index contributed by atoms with van der Waals surface area (Å²) in [4.78, 5) is 28.2. The predicted molar refractivity (Wildman–Crippen MR) is 121 cm³/mol. The average molecular weight is 407 g/mol. The van der Waals surface area contributed by atoms with E-state index in [-0.39, 0.29) is 17.9 Å². The van der Waals surface area contributed by atoms with Crippen molar-refractivity contribution in [2.45, 2.75) is 77.4 Å². The van der Waals surface area contributed by atoms with Gasteiger partial charge in [0.25, 0.3) is 0 Å². The number of carbonyl (C=O) groups is 2. The average Bonchev–Trinajstić information content (AvgIpc) is 2.77. The van der Waals surface area contributed by atoms with Gasteiger partial charge in [-0.15, -0.1) is 0 Å². The second-order valence-electron chi connectivity index (χ2n) is 8.41. The number of hydrogen-bond donors (Lipinski definition) is 1. The van der Waals surface area contributed by atoms with Crippen LogP contribution in [0.15, 0.2) is 54.6 Å². The summed E-state index contributed by atoms with van der Waals surface area (Å²) in [6.07, 6.45) is 6.54. The number of amides is 2. The molecule has 160 valence electrons. The lowest BCUT2D eigenvalue weighted by molar-refractivity contribution is -0.141. The van der Waals surface area contributed by atoms with Crippen molar-refractivity contribution in [2.24, 2.45) is 0 Å². The quantitative estimate of drug-likeness (QED) is 0.685. The van der Waals surface area contributed by atoms with E-state index in [0.717, 1.165) is 42.4 Å². The number of nitrogens with zero attached hydrogens (tertiary/aromatic N) is 1. The second kappa shape index (κ2) is 11.0. The third-order valence-electron chi connectivity index (χ3n) is 5.96. The molecule has 0 unspecified atom stereocenters. The molecule has 30 heavy (non-hydrogen) atoms. The summed E-state index contributed by atoms with van der Waals surface area (Å²) < 4.78 is 0. The zero-order valence-electron chi connectivity index (χ0n) is 18.3. The van der Waals surface area contributed by atoms with Crippen LogP contribution in [-0.4, -0.2) is 28.8 Å². The Bertz CT molecular complexity index is 828. The Balaban J connectivity index is 1.86. The molecule has 0 saturated heterocycles. The van der Waals surface area contributed by atoms with Crippen molar-refractivity contribution in [1.29, 1.82) is 0 Å². The van der Waals surface area contributed by atoms with Gasteiger partial charge in [0, 0.05) is 25.4 Å². The van der Waals surface area contributed by atoms with E-state index in [9.17, 15) is 9.59 Å². The topological polar surface area (TPSA) is 49.4 Å². The van der Waals surface area contributed by atoms with Crippen LogP contribution in [0.4, 0.5) is 0 Å².